The molecule has 0 fully saturated rings. The van der Waals surface area contributed by atoms with Gasteiger partial charge in [0.15, 0.2) is 0 Å². The van der Waals surface area contributed by atoms with Crippen LogP contribution < -0.4 is 0 Å². The Kier molecular flexibility index (Phi) is 5.88. The summed E-state index contributed by atoms with van der Waals surface area (Å²) >= 11 is -67.0. The molecule has 29 heavy (non-hydrogen) atoms. The van der Waals surface area contributed by atoms with Gasteiger partial charge in [0, 0.05) is 0 Å². The van der Waals surface area contributed by atoms with Crippen LogP contribution in [0.5, 0.6) is 0 Å². The van der Waals surface area contributed by atoms with E-state index < -0.39 is 117 Å². The molecular formula is F20O4Te4Xe. The van der Waals surface area contributed by atoms with E-state index in [1.807, 2.05) is 0 Å². The molecule has 4 nitrogen and oxygen atoms in total. The fourth-order valence-corrected chi connectivity index (χ4v) is 42.3. The van der Waals surface area contributed by atoms with Gasteiger partial charge in [-0.05, 0) is 0 Å². The Balaban J connectivity index is 7.39. The van der Waals surface area contributed by atoms with Gasteiger partial charge in [-0.3, -0.25) is 0 Å². The van der Waals surface area contributed by atoms with Crippen LogP contribution in [0.2, 0.25) is 0 Å². The molecule has 0 saturated carbocycles. The first-order chi connectivity index (χ1) is 10.7. The van der Waals surface area contributed by atoms with Crippen molar-refractivity contribution in [1.82, 2.24) is 0 Å². The van der Waals surface area contributed by atoms with Crippen molar-refractivity contribution in [2.45, 2.75) is 0 Å². The molecule has 0 aliphatic rings. The summed E-state index contributed by atoms with van der Waals surface area (Å²) in [5.41, 5.74) is 0. The average molecular weight is 1090 g/mol. The Hall–Kier alpha value is 3.17. The van der Waals surface area contributed by atoms with E-state index in [-0.39, 0.29) is 0 Å². The Morgan fingerprint density at radius 2 is 0.379 bits per heavy atom. The third-order valence-electron chi connectivity index (χ3n) is 0.734. The van der Waals surface area contributed by atoms with Gasteiger partial charge < -0.3 is 0 Å². The molecule has 0 aliphatic heterocycles. The molecule has 0 unspecified atom stereocenters. The topological polar surface area (TPSA) is 36.9 Å². The molecule has 0 bridgehead atoms. The van der Waals surface area contributed by atoms with Gasteiger partial charge in [-0.25, -0.2) is 0 Å². The number of halogens is 20. The van der Waals surface area contributed by atoms with Gasteiger partial charge in [0.2, 0.25) is 0 Å². The molecule has 196 valence electrons. The minimum absolute atomic E-state index is 0.421. The second-order valence-corrected chi connectivity index (χ2v) is 37.1. The number of hydrogen-bond acceptors (Lipinski definition) is 4. The summed E-state index contributed by atoms with van der Waals surface area (Å²) < 4.78 is 243. The van der Waals surface area contributed by atoms with Gasteiger partial charge >= 0.3 is 168 Å². The molecule has 0 aromatic heterocycles. The predicted octanol–water partition coefficient (Wildman–Crippen LogP) is 6.61. The van der Waals surface area contributed by atoms with Gasteiger partial charge in [0.1, 0.15) is 0 Å². The maximum atomic E-state index is 12.1. The van der Waals surface area contributed by atoms with Gasteiger partial charge in [0.05, 0.1) is 0 Å². The Morgan fingerprint density at radius 1 is 0.276 bits per heavy atom. The van der Waals surface area contributed by atoms with Crippen LogP contribution in [0.25, 0.3) is 0 Å². The van der Waals surface area contributed by atoms with Crippen molar-refractivity contribution in [3.63, 3.8) is 0 Å². The van der Waals surface area contributed by atoms with Crippen molar-refractivity contribution in [1.29, 1.82) is 0 Å². The quantitative estimate of drug-likeness (QED) is 0.203. The first-order valence-corrected chi connectivity index (χ1v) is 29.0. The molecule has 0 aromatic rings. The molecule has 0 spiro atoms. The van der Waals surface area contributed by atoms with Crippen LogP contribution in [0.1, 0.15) is 0 Å². The molecule has 0 rings (SSSR count). The molecule has 0 N–H and O–H groups in total. The molecule has 0 aliphatic carbocycles. The molecule has 0 amide bonds. The molecule has 0 heterocycles. The van der Waals surface area contributed by atoms with Crippen molar-refractivity contribution in [3.8, 4) is 0 Å². The molecule has 0 aromatic carbocycles. The van der Waals surface area contributed by atoms with Gasteiger partial charge in [-0.15, -0.1) is 0 Å². The van der Waals surface area contributed by atoms with Crippen molar-refractivity contribution >= 4 is 74.8 Å². The van der Waals surface area contributed by atoms with E-state index >= 15 is 0 Å². The molecule has 0 atom stereocenters. The summed E-state index contributed by atoms with van der Waals surface area (Å²) in [5.74, 6) is 0. The van der Waals surface area contributed by atoms with Crippen molar-refractivity contribution < 1.29 is 93.7 Å². The van der Waals surface area contributed by atoms with Gasteiger partial charge in [0.25, 0.3) is 0 Å². The predicted molar refractivity (Wildman–Crippen MR) is 49.5 cm³/mol. The second-order valence-electron chi connectivity index (χ2n) is 4.18. The summed E-state index contributed by atoms with van der Waals surface area (Å²) in [6.07, 6.45) is 0. The molecule has 0 saturated heterocycles. The van der Waals surface area contributed by atoms with Crippen LogP contribution >= 0.6 is 0 Å². The Bertz CT molecular complexity index is 574. The standard InChI is InChI=1S/F20O4Te4Xe/c1-25(2,3,4,5)21-29(22-26(6,7,8,9)10,23-27(11,12,13,14)15)24-28(16,17,18,19)20. The summed E-state index contributed by atoms with van der Waals surface area (Å²) in [6.45, 7) is 0. The van der Waals surface area contributed by atoms with E-state index in [0.29, 0.717) is -6.32 Å². The van der Waals surface area contributed by atoms with Crippen molar-refractivity contribution in [3.05, 3.63) is 0 Å². The summed E-state index contributed by atoms with van der Waals surface area (Å²) in [5, 5.41) is 0. The average Bonchev–Trinajstić information content (AvgIpc) is 1.65. The normalized spacial score (nSPS) is 28.0. The van der Waals surface area contributed by atoms with E-state index in [4.69, 9.17) is 0 Å². The first kappa shape index (κ1) is 32.2. The van der Waals surface area contributed by atoms with Crippen LogP contribution in [0, 0.1) is 42.1 Å². The monoisotopic (exact) mass is 1100 g/mol. The fraction of sp³-hybridized carbons (Fsp3) is 0. The van der Waals surface area contributed by atoms with Crippen molar-refractivity contribution in [2.24, 2.45) is 0 Å². The fourth-order valence-electron chi connectivity index (χ4n) is 0.604. The third kappa shape index (κ3) is 21.4. The number of hydrogen-bond donors (Lipinski definition) is 0. The summed E-state index contributed by atoms with van der Waals surface area (Å²) in [4.78, 5) is 0. The van der Waals surface area contributed by atoms with Crippen molar-refractivity contribution in [2.75, 3.05) is 0 Å². The Morgan fingerprint density at radius 3 is 0.448 bits per heavy atom. The Labute approximate surface area is 165 Å². The first-order valence-electron chi connectivity index (χ1n) is 4.33. The van der Waals surface area contributed by atoms with Crippen LogP contribution in [-0.2, 0) is -6.32 Å². The zero-order valence-corrected chi connectivity index (χ0v) is 22.5. The van der Waals surface area contributed by atoms with E-state index in [9.17, 15) is 57.8 Å². The van der Waals surface area contributed by atoms with E-state index in [1.54, 1.807) is 0 Å². The minimum atomic E-state index is -13.9. The summed E-state index contributed by atoms with van der Waals surface area (Å²) in [7, 11) is 0. The van der Waals surface area contributed by atoms with Crippen LogP contribution in [0.4, 0.5) is 57.8 Å². The van der Waals surface area contributed by atoms with E-state index in [1.165, 1.54) is 0 Å². The zero-order valence-electron chi connectivity index (χ0n) is 11.2. The van der Waals surface area contributed by atoms with E-state index in [0.717, 1.165) is 0 Å². The SMILES string of the molecule is F[Te](F)(F)(F)(F)O[Xe](O[Te](F)(F)(F)(F)F)(O[Te](F)(F)(F)(F)F)O[Te](F)(F)(F)(F)F. The van der Waals surface area contributed by atoms with Gasteiger partial charge in [-0.1, -0.05) is 0 Å². The summed E-state index contributed by atoms with van der Waals surface area (Å²) in [6, 6.07) is 0. The maximum absolute atomic E-state index is 13.9. The molecule has 29 heteroatoms. The van der Waals surface area contributed by atoms with E-state index in [2.05, 4.69) is 0 Å². The van der Waals surface area contributed by atoms with Gasteiger partial charge in [-0.2, -0.15) is 0 Å². The van der Waals surface area contributed by atoms with Crippen LogP contribution in [0.3, 0.4) is 0 Å². The number of rotatable bonds is 8. The molecular weight excluding hydrogens is 1090 g/mol. The zero-order chi connectivity index (χ0) is 25.0. The second kappa shape index (κ2) is 5.30. The van der Waals surface area contributed by atoms with Crippen LogP contribution in [-0.4, -0.2) is 74.8 Å². The van der Waals surface area contributed by atoms with Crippen LogP contribution in [0.15, 0.2) is 0 Å². The third-order valence-corrected chi connectivity index (χ3v) is 33.0. The molecule has 0 radical (unpaired) electrons.